The van der Waals surface area contributed by atoms with Gasteiger partial charge in [0.25, 0.3) is 0 Å². The zero-order valence-corrected chi connectivity index (χ0v) is 9.11. The molecule has 3 heterocycles. The molecule has 0 aliphatic carbocycles. The van der Waals surface area contributed by atoms with Crippen molar-refractivity contribution in [3.05, 3.63) is 35.9 Å². The van der Waals surface area contributed by atoms with Crippen molar-refractivity contribution in [3.63, 3.8) is 0 Å². The van der Waals surface area contributed by atoms with Crippen molar-refractivity contribution in [2.45, 2.75) is 13.8 Å². The van der Waals surface area contributed by atoms with Crippen LogP contribution in [0.5, 0.6) is 0 Å². The Morgan fingerprint density at radius 1 is 1.25 bits per heavy atom. The molecule has 1 N–H and O–H groups in total. The third-order valence-corrected chi connectivity index (χ3v) is 2.71. The number of imidazole rings is 1. The molecule has 0 fully saturated rings. The standard InChI is InChI=1S/C12H11N3O/c1-7-3-5-13-12-10(7)14-11(15-12)9-4-6-16-8(9)2/h3-6H,1-2H3,(H,13,14,15). The maximum Gasteiger partial charge on any atom is 0.178 e. The molecule has 0 saturated carbocycles. The molecule has 0 atom stereocenters. The third-order valence-electron chi connectivity index (χ3n) is 2.71. The van der Waals surface area contributed by atoms with Gasteiger partial charge in [-0.2, -0.15) is 0 Å². The van der Waals surface area contributed by atoms with Gasteiger partial charge in [0, 0.05) is 6.20 Å². The first-order chi connectivity index (χ1) is 7.75. The second-order valence-corrected chi connectivity index (χ2v) is 3.80. The molecule has 0 aliphatic rings. The number of pyridine rings is 1. The highest BCUT2D eigenvalue weighted by atomic mass is 16.3. The van der Waals surface area contributed by atoms with Crippen LogP contribution in [0.2, 0.25) is 0 Å². The van der Waals surface area contributed by atoms with Gasteiger partial charge in [0.15, 0.2) is 5.65 Å². The second kappa shape index (κ2) is 3.20. The largest absolute Gasteiger partial charge is 0.469 e. The van der Waals surface area contributed by atoms with E-state index in [9.17, 15) is 0 Å². The molecule has 0 aromatic carbocycles. The number of aryl methyl sites for hydroxylation is 2. The van der Waals surface area contributed by atoms with Crippen molar-refractivity contribution in [2.24, 2.45) is 0 Å². The smallest absolute Gasteiger partial charge is 0.178 e. The van der Waals surface area contributed by atoms with Crippen LogP contribution in [0.3, 0.4) is 0 Å². The summed E-state index contributed by atoms with van der Waals surface area (Å²) in [6, 6.07) is 3.87. The number of aromatic nitrogens is 3. The lowest BCUT2D eigenvalue weighted by Crippen LogP contribution is -1.79. The van der Waals surface area contributed by atoms with Crippen LogP contribution in [0.25, 0.3) is 22.6 Å². The van der Waals surface area contributed by atoms with E-state index in [2.05, 4.69) is 15.0 Å². The van der Waals surface area contributed by atoms with Crippen LogP contribution >= 0.6 is 0 Å². The first-order valence-corrected chi connectivity index (χ1v) is 5.11. The Hall–Kier alpha value is -2.10. The molecule has 80 valence electrons. The average Bonchev–Trinajstić information content (AvgIpc) is 2.84. The summed E-state index contributed by atoms with van der Waals surface area (Å²) in [6.07, 6.45) is 3.43. The van der Waals surface area contributed by atoms with Crippen LogP contribution in [0.1, 0.15) is 11.3 Å². The first kappa shape index (κ1) is 9.15. The number of fused-ring (bicyclic) bond motifs is 1. The molecule has 0 spiro atoms. The maximum atomic E-state index is 5.26. The molecule has 0 aliphatic heterocycles. The number of furan rings is 1. The van der Waals surface area contributed by atoms with Crippen molar-refractivity contribution in [1.82, 2.24) is 15.0 Å². The Kier molecular flexibility index (Phi) is 1.83. The molecule has 3 aromatic rings. The molecule has 0 radical (unpaired) electrons. The van der Waals surface area contributed by atoms with Gasteiger partial charge >= 0.3 is 0 Å². The van der Waals surface area contributed by atoms with Crippen molar-refractivity contribution in [2.75, 3.05) is 0 Å². The molecule has 0 amide bonds. The topological polar surface area (TPSA) is 54.7 Å². The van der Waals surface area contributed by atoms with E-state index >= 15 is 0 Å². The van der Waals surface area contributed by atoms with Crippen molar-refractivity contribution >= 4 is 11.2 Å². The summed E-state index contributed by atoms with van der Waals surface area (Å²) < 4.78 is 5.26. The van der Waals surface area contributed by atoms with E-state index in [4.69, 9.17) is 4.42 Å². The van der Waals surface area contributed by atoms with Gasteiger partial charge in [0.05, 0.1) is 17.3 Å². The predicted octanol–water partition coefficient (Wildman–Crippen LogP) is 2.83. The highest BCUT2D eigenvalue weighted by Gasteiger charge is 2.11. The maximum absolute atomic E-state index is 5.26. The third kappa shape index (κ3) is 1.23. The van der Waals surface area contributed by atoms with Crippen molar-refractivity contribution < 1.29 is 4.42 Å². The number of hydrogen-bond donors (Lipinski definition) is 1. The number of rotatable bonds is 1. The predicted molar refractivity (Wildman–Crippen MR) is 61.1 cm³/mol. The van der Waals surface area contributed by atoms with Crippen molar-refractivity contribution in [1.29, 1.82) is 0 Å². The Morgan fingerprint density at radius 2 is 2.12 bits per heavy atom. The van der Waals surface area contributed by atoms with Crippen LogP contribution < -0.4 is 0 Å². The lowest BCUT2D eigenvalue weighted by molar-refractivity contribution is 0.535. The van der Waals surface area contributed by atoms with Crippen LogP contribution in [0.4, 0.5) is 0 Å². The van der Waals surface area contributed by atoms with Crippen LogP contribution in [-0.4, -0.2) is 15.0 Å². The zero-order valence-electron chi connectivity index (χ0n) is 9.11. The molecule has 4 heteroatoms. The summed E-state index contributed by atoms with van der Waals surface area (Å²) >= 11 is 0. The number of H-pyrrole nitrogens is 1. The number of nitrogens with zero attached hydrogens (tertiary/aromatic N) is 2. The zero-order chi connectivity index (χ0) is 11.1. The lowest BCUT2D eigenvalue weighted by atomic mass is 10.2. The fraction of sp³-hybridized carbons (Fsp3) is 0.167. The molecular formula is C12H11N3O. The van der Waals surface area contributed by atoms with Gasteiger partial charge in [-0.05, 0) is 31.5 Å². The number of nitrogens with one attached hydrogen (secondary N) is 1. The quantitative estimate of drug-likeness (QED) is 0.676. The molecule has 0 bridgehead atoms. The Bertz CT molecular complexity index is 651. The summed E-state index contributed by atoms with van der Waals surface area (Å²) in [4.78, 5) is 12.0. The lowest BCUT2D eigenvalue weighted by Gasteiger charge is -1.92. The molecule has 4 nitrogen and oxygen atoms in total. The van der Waals surface area contributed by atoms with Gasteiger partial charge in [-0.15, -0.1) is 0 Å². The fourth-order valence-electron chi connectivity index (χ4n) is 1.79. The van der Waals surface area contributed by atoms with E-state index in [0.29, 0.717) is 0 Å². The minimum Gasteiger partial charge on any atom is -0.469 e. The molecule has 0 saturated heterocycles. The molecule has 3 aromatic heterocycles. The van der Waals surface area contributed by atoms with Crippen LogP contribution in [-0.2, 0) is 0 Å². The van der Waals surface area contributed by atoms with Gasteiger partial charge in [0.2, 0.25) is 0 Å². The van der Waals surface area contributed by atoms with E-state index in [1.165, 1.54) is 0 Å². The SMILES string of the molecule is Cc1occc1-c1nc2nccc(C)c2[nH]1. The van der Waals surface area contributed by atoms with Gasteiger partial charge in [-0.25, -0.2) is 9.97 Å². The highest BCUT2D eigenvalue weighted by molar-refractivity contribution is 5.78. The number of aromatic amines is 1. The van der Waals surface area contributed by atoms with Gasteiger partial charge in [-0.3, -0.25) is 0 Å². The monoisotopic (exact) mass is 213 g/mol. The van der Waals surface area contributed by atoms with E-state index < -0.39 is 0 Å². The molecule has 16 heavy (non-hydrogen) atoms. The average molecular weight is 213 g/mol. The minimum absolute atomic E-state index is 0.746. The summed E-state index contributed by atoms with van der Waals surface area (Å²) in [5, 5.41) is 0. The molecular weight excluding hydrogens is 202 g/mol. The highest BCUT2D eigenvalue weighted by Crippen LogP contribution is 2.24. The Balaban J connectivity index is 2.27. The van der Waals surface area contributed by atoms with Gasteiger partial charge in [0.1, 0.15) is 11.6 Å². The van der Waals surface area contributed by atoms with Crippen LogP contribution in [0.15, 0.2) is 29.0 Å². The van der Waals surface area contributed by atoms with E-state index in [1.807, 2.05) is 26.0 Å². The van der Waals surface area contributed by atoms with Crippen LogP contribution in [0, 0.1) is 13.8 Å². The molecule has 0 unspecified atom stereocenters. The normalized spacial score (nSPS) is 11.1. The Labute approximate surface area is 92.3 Å². The minimum atomic E-state index is 0.746. The Morgan fingerprint density at radius 3 is 2.81 bits per heavy atom. The van der Waals surface area contributed by atoms with E-state index in [-0.39, 0.29) is 0 Å². The second-order valence-electron chi connectivity index (χ2n) is 3.80. The van der Waals surface area contributed by atoms with Gasteiger partial charge in [-0.1, -0.05) is 0 Å². The van der Waals surface area contributed by atoms with Crippen molar-refractivity contribution in [3.8, 4) is 11.4 Å². The summed E-state index contributed by atoms with van der Waals surface area (Å²) in [5.41, 5.74) is 3.86. The van der Waals surface area contributed by atoms with E-state index in [0.717, 1.165) is 33.9 Å². The summed E-state index contributed by atoms with van der Waals surface area (Å²) in [5.74, 6) is 1.67. The summed E-state index contributed by atoms with van der Waals surface area (Å²) in [6.45, 7) is 3.96. The first-order valence-electron chi connectivity index (χ1n) is 5.11. The number of hydrogen-bond acceptors (Lipinski definition) is 3. The van der Waals surface area contributed by atoms with E-state index in [1.54, 1.807) is 12.5 Å². The summed E-state index contributed by atoms with van der Waals surface area (Å²) in [7, 11) is 0. The molecule has 3 rings (SSSR count). The fourth-order valence-corrected chi connectivity index (χ4v) is 1.79. The van der Waals surface area contributed by atoms with Gasteiger partial charge < -0.3 is 9.40 Å².